The van der Waals surface area contributed by atoms with Gasteiger partial charge in [-0.25, -0.2) is 8.42 Å². The molecule has 2 aromatic carbocycles. The first-order valence-electron chi connectivity index (χ1n) is 10.2. The third-order valence-corrected chi connectivity index (χ3v) is 6.95. The molecule has 30 heavy (non-hydrogen) atoms. The van der Waals surface area contributed by atoms with Crippen LogP contribution in [-0.4, -0.2) is 45.4 Å². The van der Waals surface area contributed by atoms with E-state index in [1.807, 2.05) is 6.92 Å². The lowest BCUT2D eigenvalue weighted by Crippen LogP contribution is -2.32. The zero-order valence-corrected chi connectivity index (χ0v) is 18.2. The van der Waals surface area contributed by atoms with E-state index >= 15 is 0 Å². The fourth-order valence-corrected chi connectivity index (χ4v) is 5.14. The fourth-order valence-electron chi connectivity index (χ4n) is 3.45. The van der Waals surface area contributed by atoms with Crippen molar-refractivity contribution in [3.8, 4) is 11.5 Å². The number of hydrogen-bond acceptors (Lipinski definition) is 5. The summed E-state index contributed by atoms with van der Waals surface area (Å²) in [4.78, 5) is 12.8. The molecule has 1 fully saturated rings. The Hall–Kier alpha value is -2.58. The van der Waals surface area contributed by atoms with Crippen molar-refractivity contribution in [3.63, 3.8) is 0 Å². The summed E-state index contributed by atoms with van der Waals surface area (Å²) in [7, 11) is -2.33. The van der Waals surface area contributed by atoms with Gasteiger partial charge < -0.3 is 14.8 Å². The summed E-state index contributed by atoms with van der Waals surface area (Å²) in [5.74, 6) is 0.553. The van der Waals surface area contributed by atoms with E-state index in [-0.39, 0.29) is 16.2 Å². The number of carbonyl (C=O) groups excluding carboxylic acids is 1. The molecule has 0 spiro atoms. The first-order valence-corrected chi connectivity index (χ1v) is 11.6. The Morgan fingerprint density at radius 3 is 2.30 bits per heavy atom. The summed E-state index contributed by atoms with van der Waals surface area (Å²) in [6.07, 6.45) is 3.71. The SMILES string of the molecule is CCOc1ccc(NC(=O)c2ccc(OC)c(S(=O)(=O)N3CCCCCC3)c2)cc1. The van der Waals surface area contributed by atoms with Gasteiger partial charge in [0.15, 0.2) is 0 Å². The number of sulfonamides is 1. The van der Waals surface area contributed by atoms with Gasteiger partial charge in [-0.3, -0.25) is 4.79 Å². The van der Waals surface area contributed by atoms with Gasteiger partial charge in [0.1, 0.15) is 16.4 Å². The molecular formula is C22H28N2O5S. The van der Waals surface area contributed by atoms with Gasteiger partial charge in [0.2, 0.25) is 10.0 Å². The maximum Gasteiger partial charge on any atom is 0.255 e. The Labute approximate surface area is 178 Å². The Morgan fingerprint density at radius 2 is 1.70 bits per heavy atom. The fraction of sp³-hybridized carbons (Fsp3) is 0.409. The summed E-state index contributed by atoms with van der Waals surface area (Å²) in [5, 5.41) is 2.79. The topological polar surface area (TPSA) is 84.9 Å². The van der Waals surface area contributed by atoms with Gasteiger partial charge in [-0.05, 0) is 62.2 Å². The molecule has 1 amide bonds. The number of nitrogens with zero attached hydrogens (tertiary/aromatic N) is 1. The number of benzene rings is 2. The number of nitrogens with one attached hydrogen (secondary N) is 1. The molecule has 0 unspecified atom stereocenters. The first-order chi connectivity index (χ1) is 14.5. The number of carbonyl (C=O) groups is 1. The third-order valence-electron chi connectivity index (χ3n) is 5.03. The summed E-state index contributed by atoms with van der Waals surface area (Å²) < 4.78 is 38.7. The summed E-state index contributed by atoms with van der Waals surface area (Å²) in [5.41, 5.74) is 0.842. The highest BCUT2D eigenvalue weighted by atomic mass is 32.2. The second kappa shape index (κ2) is 9.95. The van der Waals surface area contributed by atoms with Crippen LogP contribution >= 0.6 is 0 Å². The van der Waals surface area contributed by atoms with Crippen LogP contribution in [0.5, 0.6) is 11.5 Å². The average molecular weight is 433 g/mol. The van der Waals surface area contributed by atoms with Crippen LogP contribution in [0.25, 0.3) is 0 Å². The number of ether oxygens (including phenoxy) is 2. The summed E-state index contributed by atoms with van der Waals surface area (Å²) in [6.45, 7) is 3.42. The Bertz CT molecular complexity index is 966. The molecule has 1 aliphatic rings. The highest BCUT2D eigenvalue weighted by Crippen LogP contribution is 2.29. The van der Waals surface area contributed by atoms with Crippen molar-refractivity contribution in [1.29, 1.82) is 0 Å². The van der Waals surface area contributed by atoms with Crippen LogP contribution in [0.1, 0.15) is 43.0 Å². The molecule has 162 valence electrons. The number of rotatable bonds is 7. The standard InChI is InChI=1S/C22H28N2O5S/c1-3-29-19-11-9-18(10-12-19)23-22(25)17-8-13-20(28-2)21(16-17)30(26,27)24-14-6-4-5-7-15-24/h8-13,16H,3-7,14-15H2,1-2H3,(H,23,25). The predicted octanol–water partition coefficient (Wildman–Crippen LogP) is 3.91. The number of amides is 1. The van der Waals surface area contributed by atoms with Crippen LogP contribution in [0.15, 0.2) is 47.4 Å². The quantitative estimate of drug-likeness (QED) is 0.717. The smallest absolute Gasteiger partial charge is 0.255 e. The maximum absolute atomic E-state index is 13.3. The van der Waals surface area contributed by atoms with Gasteiger partial charge in [-0.2, -0.15) is 4.31 Å². The van der Waals surface area contributed by atoms with Gasteiger partial charge in [0.05, 0.1) is 13.7 Å². The Kier molecular flexibility index (Phi) is 7.33. The Morgan fingerprint density at radius 1 is 1.03 bits per heavy atom. The summed E-state index contributed by atoms with van der Waals surface area (Å²) in [6, 6.07) is 11.5. The largest absolute Gasteiger partial charge is 0.495 e. The summed E-state index contributed by atoms with van der Waals surface area (Å²) >= 11 is 0. The lowest BCUT2D eigenvalue weighted by Gasteiger charge is -2.21. The number of hydrogen-bond donors (Lipinski definition) is 1. The maximum atomic E-state index is 13.3. The molecule has 7 nitrogen and oxygen atoms in total. The van der Waals surface area contributed by atoms with Crippen molar-refractivity contribution < 1.29 is 22.7 Å². The monoisotopic (exact) mass is 432 g/mol. The molecule has 0 bridgehead atoms. The van der Waals surface area contributed by atoms with E-state index in [1.165, 1.54) is 23.5 Å². The van der Waals surface area contributed by atoms with E-state index in [9.17, 15) is 13.2 Å². The van der Waals surface area contributed by atoms with Crippen LogP contribution in [-0.2, 0) is 10.0 Å². The Balaban J connectivity index is 1.85. The molecule has 0 atom stereocenters. The molecule has 0 saturated carbocycles. The molecule has 0 radical (unpaired) electrons. The van der Waals surface area contributed by atoms with E-state index < -0.39 is 15.9 Å². The van der Waals surface area contributed by atoms with Crippen molar-refractivity contribution in [3.05, 3.63) is 48.0 Å². The molecule has 0 aromatic heterocycles. The highest BCUT2D eigenvalue weighted by Gasteiger charge is 2.29. The second-order valence-corrected chi connectivity index (χ2v) is 9.00. The van der Waals surface area contributed by atoms with Gasteiger partial charge in [-0.1, -0.05) is 12.8 Å². The minimum atomic E-state index is -3.76. The number of methoxy groups -OCH3 is 1. The first kappa shape index (κ1) is 22.1. The lowest BCUT2D eigenvalue weighted by molar-refractivity contribution is 0.102. The van der Waals surface area contributed by atoms with Crippen molar-refractivity contribution >= 4 is 21.6 Å². The second-order valence-electron chi connectivity index (χ2n) is 7.10. The van der Waals surface area contributed by atoms with E-state index in [4.69, 9.17) is 9.47 Å². The lowest BCUT2D eigenvalue weighted by atomic mass is 10.2. The van der Waals surface area contributed by atoms with Crippen molar-refractivity contribution in [2.75, 3.05) is 32.1 Å². The average Bonchev–Trinajstić information content (AvgIpc) is 3.05. The van der Waals surface area contributed by atoms with E-state index in [0.717, 1.165) is 25.7 Å². The van der Waals surface area contributed by atoms with Crippen LogP contribution in [0.2, 0.25) is 0 Å². The molecule has 1 saturated heterocycles. The zero-order valence-electron chi connectivity index (χ0n) is 17.4. The van der Waals surface area contributed by atoms with Crippen molar-refractivity contribution in [1.82, 2.24) is 4.31 Å². The van der Waals surface area contributed by atoms with E-state index in [0.29, 0.717) is 31.1 Å². The molecule has 3 rings (SSSR count). The van der Waals surface area contributed by atoms with E-state index in [2.05, 4.69) is 5.32 Å². The van der Waals surface area contributed by atoms with Crippen molar-refractivity contribution in [2.24, 2.45) is 0 Å². The van der Waals surface area contributed by atoms with Crippen molar-refractivity contribution in [2.45, 2.75) is 37.5 Å². The van der Waals surface area contributed by atoms with Crippen LogP contribution in [0.4, 0.5) is 5.69 Å². The van der Waals surface area contributed by atoms with Gasteiger partial charge in [-0.15, -0.1) is 0 Å². The van der Waals surface area contributed by atoms with Crippen LogP contribution < -0.4 is 14.8 Å². The highest BCUT2D eigenvalue weighted by molar-refractivity contribution is 7.89. The molecule has 0 aliphatic carbocycles. The van der Waals surface area contributed by atoms with Gasteiger partial charge in [0, 0.05) is 24.3 Å². The predicted molar refractivity (Wildman–Crippen MR) is 116 cm³/mol. The minimum Gasteiger partial charge on any atom is -0.495 e. The molecule has 1 N–H and O–H groups in total. The van der Waals surface area contributed by atoms with Crippen LogP contribution in [0.3, 0.4) is 0 Å². The third kappa shape index (κ3) is 5.12. The molecule has 1 aliphatic heterocycles. The zero-order chi connectivity index (χ0) is 21.6. The van der Waals surface area contributed by atoms with E-state index in [1.54, 1.807) is 30.3 Å². The van der Waals surface area contributed by atoms with Crippen LogP contribution in [0, 0.1) is 0 Å². The molecule has 2 aromatic rings. The molecule has 1 heterocycles. The minimum absolute atomic E-state index is 0.0197. The normalized spacial score (nSPS) is 15.3. The molecular weight excluding hydrogens is 404 g/mol. The van der Waals surface area contributed by atoms with Gasteiger partial charge >= 0.3 is 0 Å². The molecule has 8 heteroatoms. The number of anilines is 1. The van der Waals surface area contributed by atoms with Gasteiger partial charge in [0.25, 0.3) is 5.91 Å².